The molecular weight excluding hydrogens is 357 g/mol. The summed E-state index contributed by atoms with van der Waals surface area (Å²) >= 11 is 0. The zero-order valence-corrected chi connectivity index (χ0v) is 16.1. The van der Waals surface area contributed by atoms with Crippen molar-refractivity contribution >= 4 is 17.9 Å². The minimum absolute atomic E-state index is 0.143. The molecule has 0 spiro atoms. The number of benzene rings is 1. The molecule has 0 unspecified atom stereocenters. The van der Waals surface area contributed by atoms with E-state index in [4.69, 9.17) is 0 Å². The second kappa shape index (κ2) is 9.99. The molecule has 1 aromatic carbocycles. The molecule has 0 amide bonds. The number of halogens is 1. The van der Waals surface area contributed by atoms with Crippen LogP contribution in [0.2, 0.25) is 0 Å². The zero-order chi connectivity index (χ0) is 19.8. The first-order valence-electron chi connectivity index (χ1n) is 9.67. The molecule has 0 bridgehead atoms. The van der Waals surface area contributed by atoms with Crippen molar-refractivity contribution in [3.05, 3.63) is 65.6 Å². The fraction of sp³-hybridized carbons (Fsp3) is 0.364. The molecule has 1 aromatic heterocycles. The summed E-state index contributed by atoms with van der Waals surface area (Å²) in [7, 11) is 0. The van der Waals surface area contributed by atoms with Gasteiger partial charge in [-0.25, -0.2) is 9.78 Å². The summed E-state index contributed by atoms with van der Waals surface area (Å²) in [5.74, 6) is -1.13. The van der Waals surface area contributed by atoms with Gasteiger partial charge in [0.1, 0.15) is 5.82 Å². The normalized spacial score (nSPS) is 17.9. The first kappa shape index (κ1) is 20.0. The molecule has 1 aliphatic heterocycles. The minimum Gasteiger partial charge on any atom is -0.461 e. The van der Waals surface area contributed by atoms with Crippen LogP contribution < -0.4 is 5.32 Å². The zero-order valence-electron chi connectivity index (χ0n) is 16.1. The summed E-state index contributed by atoms with van der Waals surface area (Å²) < 4.78 is 18.3. The van der Waals surface area contributed by atoms with Crippen LogP contribution in [0.5, 0.6) is 0 Å². The summed E-state index contributed by atoms with van der Waals surface area (Å²) in [5.41, 5.74) is 1.84. The molecule has 148 valence electrons. The van der Waals surface area contributed by atoms with E-state index >= 15 is 0 Å². The number of nitrogens with one attached hydrogen (secondary N) is 1. The summed E-state index contributed by atoms with van der Waals surface area (Å²) in [5, 5.41) is 3.46. The maximum Gasteiger partial charge on any atom is 0.367 e. The van der Waals surface area contributed by atoms with Gasteiger partial charge < -0.3 is 10.1 Å². The SMILES string of the molecule is CCOC(=O)/C(F)=C/c1ccc(N[C@@H]2CCCN(Cc3ccccc3)C2)nc1. The Bertz CT molecular complexity index is 793. The Morgan fingerprint density at radius 3 is 2.86 bits per heavy atom. The maximum absolute atomic E-state index is 13.7. The number of pyridine rings is 1. The lowest BCUT2D eigenvalue weighted by Gasteiger charge is -2.33. The average molecular weight is 383 g/mol. The summed E-state index contributed by atoms with van der Waals surface area (Å²) in [4.78, 5) is 18.1. The van der Waals surface area contributed by atoms with Gasteiger partial charge in [0.25, 0.3) is 0 Å². The van der Waals surface area contributed by atoms with Crippen LogP contribution in [0.15, 0.2) is 54.5 Å². The lowest BCUT2D eigenvalue weighted by Crippen LogP contribution is -2.41. The van der Waals surface area contributed by atoms with Gasteiger partial charge in [-0.05, 0) is 55.6 Å². The van der Waals surface area contributed by atoms with Crippen molar-refractivity contribution in [2.24, 2.45) is 0 Å². The molecule has 0 saturated carbocycles. The number of likely N-dealkylation sites (tertiary alicyclic amines) is 1. The molecule has 1 saturated heterocycles. The van der Waals surface area contributed by atoms with E-state index in [9.17, 15) is 9.18 Å². The van der Waals surface area contributed by atoms with Gasteiger partial charge in [-0.3, -0.25) is 4.90 Å². The van der Waals surface area contributed by atoms with E-state index in [-0.39, 0.29) is 6.61 Å². The van der Waals surface area contributed by atoms with Crippen molar-refractivity contribution in [3.63, 3.8) is 0 Å². The third-order valence-electron chi connectivity index (χ3n) is 4.66. The Morgan fingerprint density at radius 1 is 1.32 bits per heavy atom. The van der Waals surface area contributed by atoms with E-state index in [2.05, 4.69) is 44.2 Å². The molecule has 2 aromatic rings. The van der Waals surface area contributed by atoms with Crippen LogP contribution in [-0.2, 0) is 16.1 Å². The van der Waals surface area contributed by atoms with Crippen LogP contribution in [0.4, 0.5) is 10.2 Å². The molecule has 6 heteroatoms. The van der Waals surface area contributed by atoms with Crippen molar-refractivity contribution < 1.29 is 13.9 Å². The van der Waals surface area contributed by atoms with E-state index in [1.807, 2.05) is 6.07 Å². The number of piperidine rings is 1. The monoisotopic (exact) mass is 383 g/mol. The van der Waals surface area contributed by atoms with Crippen LogP contribution in [-0.4, -0.2) is 41.6 Å². The number of carbonyl (C=O) groups excluding carboxylic acids is 1. The van der Waals surface area contributed by atoms with E-state index in [1.165, 1.54) is 5.56 Å². The number of carbonyl (C=O) groups is 1. The van der Waals surface area contributed by atoms with Crippen LogP contribution in [0.3, 0.4) is 0 Å². The molecular formula is C22H26FN3O2. The van der Waals surface area contributed by atoms with Crippen LogP contribution >= 0.6 is 0 Å². The molecule has 1 fully saturated rings. The van der Waals surface area contributed by atoms with Gasteiger partial charge in [-0.1, -0.05) is 30.3 Å². The third-order valence-corrected chi connectivity index (χ3v) is 4.66. The maximum atomic E-state index is 13.7. The largest absolute Gasteiger partial charge is 0.461 e. The number of ether oxygens (including phenoxy) is 1. The molecule has 3 rings (SSSR count). The highest BCUT2D eigenvalue weighted by Gasteiger charge is 2.20. The van der Waals surface area contributed by atoms with Gasteiger partial charge >= 0.3 is 5.97 Å². The van der Waals surface area contributed by atoms with E-state index in [0.717, 1.165) is 44.4 Å². The Hall–Kier alpha value is -2.73. The molecule has 5 nitrogen and oxygen atoms in total. The van der Waals surface area contributed by atoms with Gasteiger partial charge in [-0.15, -0.1) is 0 Å². The second-order valence-electron chi connectivity index (χ2n) is 6.89. The van der Waals surface area contributed by atoms with Crippen molar-refractivity contribution in [1.29, 1.82) is 0 Å². The molecule has 1 aliphatic rings. The van der Waals surface area contributed by atoms with Gasteiger partial charge in [0.05, 0.1) is 6.61 Å². The number of rotatable bonds is 7. The molecule has 2 heterocycles. The highest BCUT2D eigenvalue weighted by atomic mass is 19.1. The number of esters is 1. The fourth-order valence-corrected chi connectivity index (χ4v) is 3.35. The lowest BCUT2D eigenvalue weighted by atomic mass is 10.0. The van der Waals surface area contributed by atoms with Crippen LogP contribution in [0.1, 0.15) is 30.9 Å². The summed E-state index contributed by atoms with van der Waals surface area (Å²) in [6.45, 7) is 4.78. The average Bonchev–Trinajstić information content (AvgIpc) is 2.71. The van der Waals surface area contributed by atoms with E-state index in [0.29, 0.717) is 11.6 Å². The van der Waals surface area contributed by atoms with Gasteiger partial charge in [0.2, 0.25) is 5.83 Å². The number of hydrogen-bond donors (Lipinski definition) is 1. The second-order valence-corrected chi connectivity index (χ2v) is 6.89. The Kier molecular flexibility index (Phi) is 7.14. The van der Waals surface area contributed by atoms with Crippen molar-refractivity contribution in [2.45, 2.75) is 32.4 Å². The van der Waals surface area contributed by atoms with Gasteiger partial charge in [0, 0.05) is 25.3 Å². The first-order valence-corrected chi connectivity index (χ1v) is 9.67. The van der Waals surface area contributed by atoms with Gasteiger partial charge in [-0.2, -0.15) is 4.39 Å². The van der Waals surface area contributed by atoms with Crippen LogP contribution in [0, 0.1) is 0 Å². The number of nitrogens with zero attached hydrogens (tertiary/aromatic N) is 2. The fourth-order valence-electron chi connectivity index (χ4n) is 3.35. The van der Waals surface area contributed by atoms with Crippen molar-refractivity contribution in [1.82, 2.24) is 9.88 Å². The highest BCUT2D eigenvalue weighted by molar-refractivity contribution is 5.91. The Labute approximate surface area is 165 Å². The summed E-state index contributed by atoms with van der Waals surface area (Å²) in [6, 6.07) is 14.3. The van der Waals surface area contributed by atoms with E-state index < -0.39 is 11.8 Å². The predicted molar refractivity (Wildman–Crippen MR) is 108 cm³/mol. The highest BCUT2D eigenvalue weighted by Crippen LogP contribution is 2.18. The molecule has 28 heavy (non-hydrogen) atoms. The molecule has 1 atom stereocenters. The van der Waals surface area contributed by atoms with Gasteiger partial charge in [0.15, 0.2) is 0 Å². The molecule has 1 N–H and O–H groups in total. The number of aromatic nitrogens is 1. The quantitative estimate of drug-likeness (QED) is 0.578. The van der Waals surface area contributed by atoms with Crippen molar-refractivity contribution in [3.8, 4) is 0 Å². The Morgan fingerprint density at radius 2 is 2.14 bits per heavy atom. The topological polar surface area (TPSA) is 54.5 Å². The van der Waals surface area contributed by atoms with Crippen LogP contribution in [0.25, 0.3) is 6.08 Å². The Balaban J connectivity index is 1.55. The molecule has 0 aliphatic carbocycles. The summed E-state index contributed by atoms with van der Waals surface area (Å²) in [6.07, 6.45) is 4.91. The van der Waals surface area contributed by atoms with E-state index in [1.54, 1.807) is 25.3 Å². The molecule has 0 radical (unpaired) electrons. The van der Waals surface area contributed by atoms with Crippen molar-refractivity contribution in [2.75, 3.05) is 25.0 Å². The minimum atomic E-state index is -0.953. The standard InChI is InChI=1S/C22H26FN3O2/c1-2-28-22(27)20(23)13-18-10-11-21(24-14-18)25-19-9-6-12-26(16-19)15-17-7-4-3-5-8-17/h3-5,7-8,10-11,13-14,19H,2,6,9,12,15-16H2,1H3,(H,24,25)/b20-13-/t19-/m1/s1. The lowest BCUT2D eigenvalue weighted by molar-refractivity contribution is -0.140. The number of anilines is 1. The third kappa shape index (κ3) is 5.89. The predicted octanol–water partition coefficient (Wildman–Crippen LogP) is 4.03. The first-order chi connectivity index (χ1) is 13.6. The smallest absolute Gasteiger partial charge is 0.367 e. The number of hydrogen-bond acceptors (Lipinski definition) is 5.